The average Bonchev–Trinajstić information content (AvgIpc) is 3.08. The third kappa shape index (κ3) is 2.54. The van der Waals surface area contributed by atoms with E-state index >= 15 is 0 Å². The summed E-state index contributed by atoms with van der Waals surface area (Å²) in [5, 5.41) is 4.15. The summed E-state index contributed by atoms with van der Waals surface area (Å²) in [5.41, 5.74) is 5.39. The van der Waals surface area contributed by atoms with Gasteiger partial charge >= 0.3 is 0 Å². The Bertz CT molecular complexity index is 418. The lowest BCUT2D eigenvalue weighted by Gasteiger charge is -2.25. The molecule has 5 nitrogen and oxygen atoms in total. The molecular formula is C14H23N3O2. The minimum Gasteiger partial charge on any atom is -0.367 e. The maximum absolute atomic E-state index is 5.76. The van der Waals surface area contributed by atoms with Gasteiger partial charge in [-0.05, 0) is 57.9 Å². The Hall–Kier alpha value is -0.940. The molecule has 2 fully saturated rings. The number of hydrogen-bond acceptors (Lipinski definition) is 5. The van der Waals surface area contributed by atoms with E-state index in [4.69, 9.17) is 15.0 Å². The number of ether oxygens (including phenoxy) is 1. The molecule has 1 unspecified atom stereocenters. The first-order chi connectivity index (χ1) is 9.21. The molecule has 3 rings (SSSR count). The number of nitrogens with zero attached hydrogens (tertiary/aromatic N) is 2. The zero-order valence-corrected chi connectivity index (χ0v) is 11.6. The van der Waals surface area contributed by atoms with Gasteiger partial charge < -0.3 is 15.0 Å². The highest BCUT2D eigenvalue weighted by Gasteiger charge is 2.37. The van der Waals surface area contributed by atoms with Crippen molar-refractivity contribution in [3.05, 3.63) is 11.7 Å². The number of rotatable bonds is 3. The first-order valence-electron chi connectivity index (χ1n) is 7.39. The van der Waals surface area contributed by atoms with Crippen molar-refractivity contribution in [3.8, 4) is 0 Å². The standard InChI is InChI=1S/C14H23N3O2/c1-14(7-2-8-18-14)13-16-12(19-17-13)11-5-3-10(9-15)4-6-11/h10-11H,2-9,15H2,1H3. The van der Waals surface area contributed by atoms with Crippen molar-refractivity contribution in [1.82, 2.24) is 10.1 Å². The normalized spacial score (nSPS) is 35.7. The molecule has 1 aliphatic heterocycles. The Kier molecular flexibility index (Phi) is 3.58. The van der Waals surface area contributed by atoms with Gasteiger partial charge in [0.2, 0.25) is 11.7 Å². The zero-order chi connectivity index (χ0) is 13.3. The van der Waals surface area contributed by atoms with Crippen LogP contribution < -0.4 is 5.73 Å². The van der Waals surface area contributed by atoms with E-state index in [1.54, 1.807) is 0 Å². The van der Waals surface area contributed by atoms with E-state index < -0.39 is 0 Å². The van der Waals surface area contributed by atoms with Crippen LogP contribution in [0.25, 0.3) is 0 Å². The van der Waals surface area contributed by atoms with E-state index in [-0.39, 0.29) is 5.60 Å². The molecule has 2 aliphatic rings. The summed E-state index contributed by atoms with van der Waals surface area (Å²) in [7, 11) is 0. The predicted octanol–water partition coefficient (Wildman–Crippen LogP) is 2.33. The highest BCUT2D eigenvalue weighted by Crippen LogP contribution is 2.37. The van der Waals surface area contributed by atoms with Crippen molar-refractivity contribution in [2.75, 3.05) is 13.2 Å². The quantitative estimate of drug-likeness (QED) is 0.908. The second-order valence-corrected chi connectivity index (χ2v) is 6.09. The maximum Gasteiger partial charge on any atom is 0.229 e. The summed E-state index contributed by atoms with van der Waals surface area (Å²) in [5.74, 6) is 2.60. The molecule has 1 saturated heterocycles. The van der Waals surface area contributed by atoms with Crippen LogP contribution >= 0.6 is 0 Å². The molecule has 2 heterocycles. The largest absolute Gasteiger partial charge is 0.367 e. The smallest absolute Gasteiger partial charge is 0.229 e. The molecule has 5 heteroatoms. The van der Waals surface area contributed by atoms with Crippen LogP contribution in [0.3, 0.4) is 0 Å². The van der Waals surface area contributed by atoms with Crippen molar-refractivity contribution in [2.24, 2.45) is 11.7 Å². The zero-order valence-electron chi connectivity index (χ0n) is 11.6. The minimum atomic E-state index is -0.337. The molecule has 0 radical (unpaired) electrons. The van der Waals surface area contributed by atoms with Crippen molar-refractivity contribution in [2.45, 2.75) is 57.0 Å². The summed E-state index contributed by atoms with van der Waals surface area (Å²) >= 11 is 0. The highest BCUT2D eigenvalue weighted by atomic mass is 16.5. The Morgan fingerprint density at radius 1 is 1.32 bits per heavy atom. The Balaban J connectivity index is 1.68. The first-order valence-corrected chi connectivity index (χ1v) is 7.39. The fourth-order valence-electron chi connectivity index (χ4n) is 3.22. The summed E-state index contributed by atoms with van der Waals surface area (Å²) < 4.78 is 11.2. The Morgan fingerprint density at radius 2 is 2.11 bits per heavy atom. The van der Waals surface area contributed by atoms with E-state index in [0.717, 1.165) is 50.6 Å². The molecule has 0 bridgehead atoms. The highest BCUT2D eigenvalue weighted by molar-refractivity contribution is 5.04. The van der Waals surface area contributed by atoms with Gasteiger partial charge in [-0.2, -0.15) is 4.98 Å². The molecule has 1 aromatic rings. The van der Waals surface area contributed by atoms with E-state index in [9.17, 15) is 0 Å². The third-order valence-corrected chi connectivity index (χ3v) is 4.66. The number of hydrogen-bond donors (Lipinski definition) is 1. The van der Waals surface area contributed by atoms with E-state index in [1.165, 1.54) is 12.8 Å². The van der Waals surface area contributed by atoms with E-state index in [0.29, 0.717) is 11.8 Å². The lowest BCUT2D eigenvalue weighted by Crippen LogP contribution is -2.22. The summed E-state index contributed by atoms with van der Waals surface area (Å²) in [4.78, 5) is 4.60. The lowest BCUT2D eigenvalue weighted by molar-refractivity contribution is 0.00768. The summed E-state index contributed by atoms with van der Waals surface area (Å²) in [6.45, 7) is 3.65. The second-order valence-electron chi connectivity index (χ2n) is 6.09. The molecule has 106 valence electrons. The van der Waals surface area contributed by atoms with Crippen molar-refractivity contribution in [1.29, 1.82) is 0 Å². The van der Waals surface area contributed by atoms with Crippen molar-refractivity contribution < 1.29 is 9.26 Å². The van der Waals surface area contributed by atoms with Crippen LogP contribution in [0.15, 0.2) is 4.52 Å². The Labute approximate surface area is 113 Å². The van der Waals surface area contributed by atoms with Gasteiger partial charge in [-0.15, -0.1) is 0 Å². The molecular weight excluding hydrogens is 242 g/mol. The molecule has 1 aromatic heterocycles. The monoisotopic (exact) mass is 265 g/mol. The minimum absolute atomic E-state index is 0.337. The van der Waals surface area contributed by atoms with Crippen LogP contribution in [0.5, 0.6) is 0 Å². The van der Waals surface area contributed by atoms with Crippen LogP contribution in [-0.4, -0.2) is 23.3 Å². The van der Waals surface area contributed by atoms with Crippen LogP contribution in [-0.2, 0) is 10.3 Å². The number of aromatic nitrogens is 2. The average molecular weight is 265 g/mol. The second kappa shape index (κ2) is 5.21. The third-order valence-electron chi connectivity index (χ3n) is 4.66. The van der Waals surface area contributed by atoms with Gasteiger partial charge in [0.15, 0.2) is 0 Å². The van der Waals surface area contributed by atoms with Gasteiger partial charge in [0.05, 0.1) is 0 Å². The van der Waals surface area contributed by atoms with E-state index in [2.05, 4.69) is 17.1 Å². The summed E-state index contributed by atoms with van der Waals surface area (Å²) in [6.07, 6.45) is 6.62. The molecule has 0 aromatic carbocycles. The van der Waals surface area contributed by atoms with Crippen molar-refractivity contribution >= 4 is 0 Å². The fourth-order valence-corrected chi connectivity index (χ4v) is 3.22. The van der Waals surface area contributed by atoms with E-state index in [1.807, 2.05) is 0 Å². The van der Waals surface area contributed by atoms with Gasteiger partial charge in [-0.1, -0.05) is 5.16 Å². The van der Waals surface area contributed by atoms with Gasteiger partial charge in [0.25, 0.3) is 0 Å². The van der Waals surface area contributed by atoms with Gasteiger partial charge in [-0.25, -0.2) is 0 Å². The molecule has 0 amide bonds. The summed E-state index contributed by atoms with van der Waals surface area (Å²) in [6, 6.07) is 0. The predicted molar refractivity (Wildman–Crippen MR) is 70.6 cm³/mol. The number of nitrogens with two attached hydrogens (primary N) is 1. The SMILES string of the molecule is CC1(c2noc(C3CCC(CN)CC3)n2)CCCO1. The molecule has 0 spiro atoms. The maximum atomic E-state index is 5.76. The topological polar surface area (TPSA) is 74.2 Å². The molecule has 19 heavy (non-hydrogen) atoms. The first kappa shape index (κ1) is 13.1. The van der Waals surface area contributed by atoms with Crippen LogP contribution in [0.4, 0.5) is 0 Å². The molecule has 1 saturated carbocycles. The fraction of sp³-hybridized carbons (Fsp3) is 0.857. The van der Waals surface area contributed by atoms with Gasteiger partial charge in [0, 0.05) is 12.5 Å². The molecule has 2 N–H and O–H groups in total. The van der Waals surface area contributed by atoms with Crippen LogP contribution in [0.1, 0.15) is 63.1 Å². The molecule has 1 atom stereocenters. The van der Waals surface area contributed by atoms with Gasteiger partial charge in [0.1, 0.15) is 5.60 Å². The van der Waals surface area contributed by atoms with Crippen LogP contribution in [0, 0.1) is 5.92 Å². The Morgan fingerprint density at radius 3 is 2.74 bits per heavy atom. The molecule has 1 aliphatic carbocycles. The van der Waals surface area contributed by atoms with Crippen LogP contribution in [0.2, 0.25) is 0 Å². The van der Waals surface area contributed by atoms with Crippen molar-refractivity contribution in [3.63, 3.8) is 0 Å². The lowest BCUT2D eigenvalue weighted by atomic mass is 9.82. The van der Waals surface area contributed by atoms with Gasteiger partial charge in [-0.3, -0.25) is 0 Å².